The lowest BCUT2D eigenvalue weighted by molar-refractivity contribution is 0.0907. The van der Waals surface area contributed by atoms with Crippen LogP contribution in [-0.2, 0) is 7.05 Å². The number of hydrogen-bond donors (Lipinski definition) is 2. The largest absolute Gasteiger partial charge is 0.394 e. The van der Waals surface area contributed by atoms with Gasteiger partial charge in [-0.25, -0.2) is 0 Å². The first-order valence-corrected chi connectivity index (χ1v) is 5.86. The van der Waals surface area contributed by atoms with Crippen LogP contribution in [0.1, 0.15) is 36.3 Å². The van der Waals surface area contributed by atoms with Crippen molar-refractivity contribution in [3.63, 3.8) is 0 Å². The van der Waals surface area contributed by atoms with Gasteiger partial charge in [0.1, 0.15) is 0 Å². The van der Waals surface area contributed by atoms with Crippen LogP contribution in [0, 0.1) is 12.8 Å². The lowest BCUT2D eigenvalue weighted by Gasteiger charge is -2.17. The molecule has 1 heterocycles. The molecule has 1 unspecified atom stereocenters. The third-order valence-corrected chi connectivity index (χ3v) is 2.57. The Balaban J connectivity index is 2.67. The van der Waals surface area contributed by atoms with Crippen molar-refractivity contribution in [2.24, 2.45) is 13.0 Å². The van der Waals surface area contributed by atoms with Crippen molar-refractivity contribution in [3.05, 3.63) is 17.5 Å². The van der Waals surface area contributed by atoms with Crippen molar-refractivity contribution >= 4 is 5.91 Å². The third-order valence-electron chi connectivity index (χ3n) is 2.57. The molecule has 0 bridgehead atoms. The first kappa shape index (κ1) is 13.7. The predicted molar refractivity (Wildman–Crippen MR) is 65.7 cm³/mol. The van der Waals surface area contributed by atoms with Gasteiger partial charge in [-0.2, -0.15) is 5.10 Å². The van der Waals surface area contributed by atoms with Crippen molar-refractivity contribution in [2.75, 3.05) is 6.61 Å². The highest BCUT2D eigenvalue weighted by Crippen LogP contribution is 2.08. The molecular formula is C12H21N3O2. The second-order valence-corrected chi connectivity index (χ2v) is 4.78. The maximum Gasteiger partial charge on any atom is 0.255 e. The first-order chi connectivity index (χ1) is 7.93. The molecule has 2 N–H and O–H groups in total. The van der Waals surface area contributed by atoms with E-state index < -0.39 is 0 Å². The molecule has 1 aromatic rings. The molecule has 1 aromatic heterocycles. The topological polar surface area (TPSA) is 67.2 Å². The van der Waals surface area contributed by atoms with Crippen LogP contribution < -0.4 is 5.32 Å². The Labute approximate surface area is 102 Å². The average Bonchev–Trinajstić information content (AvgIpc) is 2.56. The van der Waals surface area contributed by atoms with Crippen molar-refractivity contribution in [2.45, 2.75) is 33.2 Å². The minimum absolute atomic E-state index is 0.0385. The van der Waals surface area contributed by atoms with E-state index in [1.165, 1.54) is 0 Å². The molecule has 5 nitrogen and oxygen atoms in total. The molecule has 0 aliphatic heterocycles. The maximum absolute atomic E-state index is 12.0. The van der Waals surface area contributed by atoms with Crippen molar-refractivity contribution in [1.29, 1.82) is 0 Å². The van der Waals surface area contributed by atoms with E-state index in [2.05, 4.69) is 24.3 Å². The SMILES string of the molecule is Cc1nn(C)cc1C(=O)NC(CO)CC(C)C. The summed E-state index contributed by atoms with van der Waals surface area (Å²) in [6.45, 7) is 5.88. The van der Waals surface area contributed by atoms with Gasteiger partial charge in [-0.05, 0) is 19.3 Å². The predicted octanol–water partition coefficient (Wildman–Crippen LogP) is 0.865. The van der Waals surface area contributed by atoms with Crippen molar-refractivity contribution < 1.29 is 9.90 Å². The summed E-state index contributed by atoms with van der Waals surface area (Å²) in [6.07, 6.45) is 2.45. The summed E-state index contributed by atoms with van der Waals surface area (Å²) in [5.41, 5.74) is 1.26. The molecule has 17 heavy (non-hydrogen) atoms. The zero-order chi connectivity index (χ0) is 13.0. The summed E-state index contributed by atoms with van der Waals surface area (Å²) in [5, 5.41) is 16.2. The molecule has 0 saturated heterocycles. The quantitative estimate of drug-likeness (QED) is 0.801. The van der Waals surface area contributed by atoms with Crippen LogP contribution in [0.5, 0.6) is 0 Å². The summed E-state index contributed by atoms with van der Waals surface area (Å²) in [4.78, 5) is 12.0. The van der Waals surface area contributed by atoms with Gasteiger partial charge in [0, 0.05) is 13.2 Å². The maximum atomic E-state index is 12.0. The highest BCUT2D eigenvalue weighted by Gasteiger charge is 2.17. The van der Waals surface area contributed by atoms with Gasteiger partial charge in [0.05, 0.1) is 23.9 Å². The Hall–Kier alpha value is -1.36. The summed E-state index contributed by atoms with van der Waals surface area (Å²) in [5.74, 6) is 0.262. The number of nitrogens with one attached hydrogen (secondary N) is 1. The fraction of sp³-hybridized carbons (Fsp3) is 0.667. The van der Waals surface area contributed by atoms with Crippen LogP contribution in [-0.4, -0.2) is 33.4 Å². The van der Waals surface area contributed by atoms with E-state index in [9.17, 15) is 9.90 Å². The summed E-state index contributed by atoms with van der Waals surface area (Å²) < 4.78 is 1.61. The van der Waals surface area contributed by atoms with Crippen LogP contribution in [0.25, 0.3) is 0 Å². The number of aryl methyl sites for hydroxylation is 2. The average molecular weight is 239 g/mol. The first-order valence-electron chi connectivity index (χ1n) is 5.86. The van der Waals surface area contributed by atoms with E-state index in [-0.39, 0.29) is 18.6 Å². The zero-order valence-electron chi connectivity index (χ0n) is 10.9. The van der Waals surface area contributed by atoms with E-state index in [1.54, 1.807) is 24.9 Å². The molecule has 96 valence electrons. The van der Waals surface area contributed by atoms with Crippen LogP contribution in [0.3, 0.4) is 0 Å². The normalized spacial score (nSPS) is 12.8. The fourth-order valence-electron chi connectivity index (χ4n) is 1.83. The van der Waals surface area contributed by atoms with Crippen molar-refractivity contribution in [3.8, 4) is 0 Å². The monoisotopic (exact) mass is 239 g/mol. The minimum atomic E-state index is -0.192. The molecule has 0 aliphatic carbocycles. The third kappa shape index (κ3) is 3.85. The molecule has 1 atom stereocenters. The standard InChI is InChI=1S/C12H21N3O2/c1-8(2)5-10(7-16)13-12(17)11-6-15(4)14-9(11)3/h6,8,10,16H,5,7H2,1-4H3,(H,13,17). The number of carbonyl (C=O) groups is 1. The van der Waals surface area contributed by atoms with Crippen molar-refractivity contribution in [1.82, 2.24) is 15.1 Å². The molecule has 0 radical (unpaired) electrons. The second-order valence-electron chi connectivity index (χ2n) is 4.78. The molecule has 0 aromatic carbocycles. The van der Waals surface area contributed by atoms with Crippen LogP contribution in [0.4, 0.5) is 0 Å². The van der Waals surface area contributed by atoms with Gasteiger partial charge in [0.25, 0.3) is 5.91 Å². The van der Waals surface area contributed by atoms with Gasteiger partial charge in [-0.15, -0.1) is 0 Å². The van der Waals surface area contributed by atoms with Gasteiger partial charge >= 0.3 is 0 Å². The number of aliphatic hydroxyl groups excluding tert-OH is 1. The Bertz CT molecular complexity index is 385. The van der Waals surface area contributed by atoms with Crippen LogP contribution in [0.15, 0.2) is 6.20 Å². The molecule has 1 rings (SSSR count). The molecule has 0 aliphatic rings. The highest BCUT2D eigenvalue weighted by atomic mass is 16.3. The van der Waals surface area contributed by atoms with Crippen LogP contribution in [0.2, 0.25) is 0 Å². The molecule has 0 saturated carbocycles. The lowest BCUT2D eigenvalue weighted by atomic mass is 10.0. The number of aromatic nitrogens is 2. The molecular weight excluding hydrogens is 218 g/mol. The summed E-state index contributed by atoms with van der Waals surface area (Å²) in [7, 11) is 1.78. The summed E-state index contributed by atoms with van der Waals surface area (Å²) in [6, 6.07) is -0.192. The Kier molecular flexibility index (Phi) is 4.69. The lowest BCUT2D eigenvalue weighted by Crippen LogP contribution is -2.38. The van der Waals surface area contributed by atoms with Crippen LogP contribution >= 0.6 is 0 Å². The smallest absolute Gasteiger partial charge is 0.255 e. The fourth-order valence-corrected chi connectivity index (χ4v) is 1.83. The number of aliphatic hydroxyl groups is 1. The Morgan fingerprint density at radius 2 is 2.24 bits per heavy atom. The minimum Gasteiger partial charge on any atom is -0.394 e. The Morgan fingerprint density at radius 3 is 2.65 bits per heavy atom. The van der Waals surface area contributed by atoms with Gasteiger partial charge in [0.15, 0.2) is 0 Å². The van der Waals surface area contributed by atoms with E-state index >= 15 is 0 Å². The number of nitrogens with zero attached hydrogens (tertiary/aromatic N) is 2. The number of hydrogen-bond acceptors (Lipinski definition) is 3. The van der Waals surface area contributed by atoms with Gasteiger partial charge in [0.2, 0.25) is 0 Å². The number of amides is 1. The molecule has 1 amide bonds. The summed E-state index contributed by atoms with van der Waals surface area (Å²) >= 11 is 0. The Morgan fingerprint density at radius 1 is 1.59 bits per heavy atom. The van der Waals surface area contributed by atoms with Gasteiger partial charge in [-0.3, -0.25) is 9.48 Å². The van der Waals surface area contributed by atoms with Gasteiger partial charge < -0.3 is 10.4 Å². The van der Waals surface area contributed by atoms with E-state index in [0.29, 0.717) is 17.2 Å². The zero-order valence-corrected chi connectivity index (χ0v) is 10.9. The molecule has 5 heteroatoms. The molecule has 0 spiro atoms. The van der Waals surface area contributed by atoms with Gasteiger partial charge in [-0.1, -0.05) is 13.8 Å². The van der Waals surface area contributed by atoms with E-state index in [1.807, 2.05) is 0 Å². The van der Waals surface area contributed by atoms with E-state index in [4.69, 9.17) is 0 Å². The number of carbonyl (C=O) groups excluding carboxylic acids is 1. The second kappa shape index (κ2) is 5.82. The molecule has 0 fully saturated rings. The number of rotatable bonds is 5. The highest BCUT2D eigenvalue weighted by molar-refractivity contribution is 5.95. The van der Waals surface area contributed by atoms with E-state index in [0.717, 1.165) is 6.42 Å².